The third-order valence-corrected chi connectivity index (χ3v) is 3.54. The van der Waals surface area contributed by atoms with E-state index in [-0.39, 0.29) is 24.5 Å². The lowest BCUT2D eigenvalue weighted by molar-refractivity contribution is 0.288. The molecule has 0 amide bonds. The summed E-state index contributed by atoms with van der Waals surface area (Å²) in [4.78, 5) is 18.8. The molecule has 1 aromatic heterocycles. The van der Waals surface area contributed by atoms with E-state index < -0.39 is 0 Å². The van der Waals surface area contributed by atoms with Crippen LogP contribution in [0, 0.1) is 6.92 Å². The van der Waals surface area contributed by atoms with Crippen LogP contribution in [0.15, 0.2) is 28.1 Å². The highest BCUT2D eigenvalue weighted by Crippen LogP contribution is 2.27. The normalized spacial score (nSPS) is 10.9. The molecule has 0 radical (unpaired) electrons. The van der Waals surface area contributed by atoms with Crippen molar-refractivity contribution in [3.05, 3.63) is 45.4 Å². The van der Waals surface area contributed by atoms with Crippen molar-refractivity contribution < 1.29 is 14.6 Å². The number of benzene rings is 1. The van der Waals surface area contributed by atoms with Crippen LogP contribution in [-0.4, -0.2) is 41.1 Å². The van der Waals surface area contributed by atoms with Gasteiger partial charge < -0.3 is 14.6 Å². The predicted molar refractivity (Wildman–Crippen MR) is 100 cm³/mol. The largest absolute Gasteiger partial charge is 0.490 e. The summed E-state index contributed by atoms with van der Waals surface area (Å²) in [6.45, 7) is 6.52. The smallest absolute Gasteiger partial charge is 0.255 e. The average Bonchev–Trinajstić information content (AvgIpc) is 2.61. The third kappa shape index (κ3) is 5.06. The zero-order chi connectivity index (χ0) is 18.9. The number of nitrogens with one attached hydrogen (secondary N) is 2. The molecule has 0 saturated carbocycles. The SMILES string of the molecule is CCOc1ccc(/C=N\Nc2nc(C)c(CCO)c(=O)[nH]2)cc1OCC. The van der Waals surface area contributed by atoms with E-state index in [4.69, 9.17) is 14.6 Å². The lowest BCUT2D eigenvalue weighted by Crippen LogP contribution is -2.19. The van der Waals surface area contributed by atoms with Crippen molar-refractivity contribution in [1.29, 1.82) is 0 Å². The fraction of sp³-hybridized carbons (Fsp3) is 0.389. The van der Waals surface area contributed by atoms with Gasteiger partial charge >= 0.3 is 0 Å². The molecule has 0 spiro atoms. The molecule has 1 aromatic carbocycles. The summed E-state index contributed by atoms with van der Waals surface area (Å²) in [5.74, 6) is 1.57. The molecule has 26 heavy (non-hydrogen) atoms. The summed E-state index contributed by atoms with van der Waals surface area (Å²) in [5, 5.41) is 13.1. The van der Waals surface area contributed by atoms with Gasteiger partial charge in [0.1, 0.15) is 0 Å². The number of aliphatic hydroxyl groups excluding tert-OH is 1. The summed E-state index contributed by atoms with van der Waals surface area (Å²) in [6.07, 6.45) is 1.86. The molecular formula is C18H24N4O4. The van der Waals surface area contributed by atoms with Gasteiger partial charge in [0, 0.05) is 18.6 Å². The number of hydrogen-bond acceptors (Lipinski definition) is 7. The number of hydrazone groups is 1. The third-order valence-electron chi connectivity index (χ3n) is 3.54. The van der Waals surface area contributed by atoms with Crippen LogP contribution in [0.1, 0.15) is 30.7 Å². The Kier molecular flexibility index (Phi) is 7.16. The molecule has 140 valence electrons. The van der Waals surface area contributed by atoms with Gasteiger partial charge in [0.25, 0.3) is 5.56 Å². The Hall–Kier alpha value is -2.87. The summed E-state index contributed by atoms with van der Waals surface area (Å²) in [6, 6.07) is 5.50. The number of aromatic amines is 1. The van der Waals surface area contributed by atoms with Crippen LogP contribution in [0.4, 0.5) is 5.95 Å². The van der Waals surface area contributed by atoms with Gasteiger partial charge in [-0.2, -0.15) is 5.10 Å². The van der Waals surface area contributed by atoms with Gasteiger partial charge in [0.2, 0.25) is 5.95 Å². The van der Waals surface area contributed by atoms with Crippen molar-refractivity contribution in [2.75, 3.05) is 25.2 Å². The highest BCUT2D eigenvalue weighted by molar-refractivity contribution is 5.81. The topological polar surface area (TPSA) is 109 Å². The minimum atomic E-state index is -0.288. The molecular weight excluding hydrogens is 336 g/mol. The highest BCUT2D eigenvalue weighted by atomic mass is 16.5. The maximum Gasteiger partial charge on any atom is 0.255 e. The van der Waals surface area contributed by atoms with Crippen molar-refractivity contribution >= 4 is 12.2 Å². The highest BCUT2D eigenvalue weighted by Gasteiger charge is 2.07. The summed E-state index contributed by atoms with van der Waals surface area (Å²) in [7, 11) is 0. The number of rotatable bonds is 9. The first-order valence-corrected chi connectivity index (χ1v) is 8.48. The number of nitrogens with zero attached hydrogens (tertiary/aromatic N) is 2. The molecule has 2 rings (SSSR count). The molecule has 0 saturated heterocycles. The van der Waals surface area contributed by atoms with Crippen molar-refractivity contribution in [2.45, 2.75) is 27.2 Å². The van der Waals surface area contributed by atoms with E-state index in [1.807, 2.05) is 32.0 Å². The lowest BCUT2D eigenvalue weighted by atomic mass is 10.2. The monoisotopic (exact) mass is 360 g/mol. The Balaban J connectivity index is 2.13. The van der Waals surface area contributed by atoms with E-state index in [1.165, 1.54) is 0 Å². The maximum absolute atomic E-state index is 12.0. The van der Waals surface area contributed by atoms with Crippen LogP contribution < -0.4 is 20.5 Å². The molecule has 8 heteroatoms. The standard InChI is InChI=1S/C18H24N4O4/c1-4-25-15-7-6-13(10-16(15)26-5-2)11-19-22-18-20-12(3)14(8-9-23)17(24)21-18/h6-7,10-11,23H,4-5,8-9H2,1-3H3,(H2,20,21,22,24)/b19-11-. The second kappa shape index (κ2) is 9.57. The number of anilines is 1. The van der Waals surface area contributed by atoms with Crippen LogP contribution in [0.3, 0.4) is 0 Å². The number of ether oxygens (including phenoxy) is 2. The Morgan fingerprint density at radius 2 is 2.00 bits per heavy atom. The number of H-pyrrole nitrogens is 1. The quantitative estimate of drug-likeness (QED) is 0.465. The lowest BCUT2D eigenvalue weighted by Gasteiger charge is -2.11. The van der Waals surface area contributed by atoms with Gasteiger partial charge in [-0.3, -0.25) is 9.78 Å². The minimum absolute atomic E-state index is 0.101. The van der Waals surface area contributed by atoms with Gasteiger partial charge in [0.15, 0.2) is 11.5 Å². The maximum atomic E-state index is 12.0. The fourth-order valence-electron chi connectivity index (χ4n) is 2.39. The molecule has 0 bridgehead atoms. The Morgan fingerprint density at radius 3 is 2.65 bits per heavy atom. The zero-order valence-corrected chi connectivity index (χ0v) is 15.2. The van der Waals surface area contributed by atoms with Gasteiger partial charge in [-0.25, -0.2) is 10.4 Å². The number of aliphatic hydroxyl groups is 1. The fourth-order valence-corrected chi connectivity index (χ4v) is 2.39. The first-order chi connectivity index (χ1) is 12.6. The summed E-state index contributed by atoms with van der Waals surface area (Å²) in [5.41, 5.74) is 4.24. The van der Waals surface area contributed by atoms with Crippen molar-refractivity contribution in [2.24, 2.45) is 5.10 Å². The molecule has 3 N–H and O–H groups in total. The summed E-state index contributed by atoms with van der Waals surface area (Å²) < 4.78 is 11.1. The van der Waals surface area contributed by atoms with E-state index in [9.17, 15) is 4.79 Å². The van der Waals surface area contributed by atoms with Crippen molar-refractivity contribution in [1.82, 2.24) is 9.97 Å². The number of aryl methyl sites for hydroxylation is 1. The molecule has 0 fully saturated rings. The van der Waals surface area contributed by atoms with Gasteiger partial charge in [-0.05, 0) is 44.5 Å². The summed E-state index contributed by atoms with van der Waals surface area (Å²) >= 11 is 0. The first kappa shape index (κ1) is 19.5. The van der Waals surface area contributed by atoms with E-state index >= 15 is 0 Å². The molecule has 1 heterocycles. The number of hydrogen-bond donors (Lipinski definition) is 3. The number of aromatic nitrogens is 2. The van der Waals surface area contributed by atoms with E-state index in [1.54, 1.807) is 13.1 Å². The molecule has 0 aliphatic rings. The van der Waals surface area contributed by atoms with Crippen molar-refractivity contribution in [3.63, 3.8) is 0 Å². The van der Waals surface area contributed by atoms with E-state index in [0.717, 1.165) is 5.56 Å². The molecule has 0 aliphatic carbocycles. The van der Waals surface area contributed by atoms with E-state index in [2.05, 4.69) is 20.5 Å². The first-order valence-electron chi connectivity index (χ1n) is 8.48. The van der Waals surface area contributed by atoms with Crippen LogP contribution in [-0.2, 0) is 6.42 Å². The van der Waals surface area contributed by atoms with Gasteiger partial charge in [0.05, 0.1) is 25.1 Å². The Morgan fingerprint density at radius 1 is 1.27 bits per heavy atom. The van der Waals surface area contributed by atoms with Crippen LogP contribution in [0.25, 0.3) is 0 Å². The Bertz CT molecular complexity index is 817. The molecule has 0 atom stereocenters. The molecule has 8 nitrogen and oxygen atoms in total. The zero-order valence-electron chi connectivity index (χ0n) is 15.2. The van der Waals surface area contributed by atoms with Gasteiger partial charge in [-0.1, -0.05) is 0 Å². The minimum Gasteiger partial charge on any atom is -0.490 e. The average molecular weight is 360 g/mol. The Labute approximate surface area is 151 Å². The second-order valence-corrected chi connectivity index (χ2v) is 5.39. The second-order valence-electron chi connectivity index (χ2n) is 5.39. The van der Waals surface area contributed by atoms with Crippen molar-refractivity contribution in [3.8, 4) is 11.5 Å². The van der Waals surface area contributed by atoms with Crippen LogP contribution in [0.5, 0.6) is 11.5 Å². The van der Waals surface area contributed by atoms with E-state index in [0.29, 0.717) is 36.0 Å². The molecule has 0 unspecified atom stereocenters. The molecule has 0 aliphatic heterocycles. The van der Waals surface area contributed by atoms with Crippen LogP contribution in [0.2, 0.25) is 0 Å². The van der Waals surface area contributed by atoms with Crippen LogP contribution >= 0.6 is 0 Å². The predicted octanol–water partition coefficient (Wildman–Crippen LogP) is 1.86. The molecule has 2 aromatic rings. The van der Waals surface area contributed by atoms with Gasteiger partial charge in [-0.15, -0.1) is 0 Å².